The largest absolute Gasteiger partial charge is 0.360 e. The molecule has 24 heavy (non-hydrogen) atoms. The van der Waals surface area contributed by atoms with E-state index in [1.165, 1.54) is 16.1 Å². The quantitative estimate of drug-likeness (QED) is 0.865. The number of nitrogens with one attached hydrogen (secondary N) is 1. The van der Waals surface area contributed by atoms with Crippen LogP contribution in [0, 0.1) is 0 Å². The fraction of sp³-hybridized carbons (Fsp3) is 0.350. The zero-order valence-corrected chi connectivity index (χ0v) is 15.1. The molecule has 3 rings (SSSR count). The number of para-hydroxylation sites is 1. The van der Waals surface area contributed by atoms with Gasteiger partial charge in [0.2, 0.25) is 5.91 Å². The molecule has 2 aromatic carbocycles. The van der Waals surface area contributed by atoms with E-state index >= 15 is 0 Å². The lowest BCUT2D eigenvalue weighted by Crippen LogP contribution is -2.40. The van der Waals surface area contributed by atoms with Gasteiger partial charge >= 0.3 is 0 Å². The average molecular weight is 340 g/mol. The first-order valence-corrected chi connectivity index (χ1v) is 9.47. The Morgan fingerprint density at radius 2 is 1.92 bits per heavy atom. The van der Waals surface area contributed by atoms with Crippen molar-refractivity contribution in [1.29, 1.82) is 0 Å². The second-order valence-electron chi connectivity index (χ2n) is 6.10. The summed E-state index contributed by atoms with van der Waals surface area (Å²) in [6.07, 6.45) is 2.12. The first-order valence-electron chi connectivity index (χ1n) is 8.59. The molecule has 0 radical (unpaired) electrons. The van der Waals surface area contributed by atoms with E-state index in [1.807, 2.05) is 30.0 Å². The molecule has 126 valence electrons. The van der Waals surface area contributed by atoms with Crippen LogP contribution in [0.25, 0.3) is 0 Å². The van der Waals surface area contributed by atoms with Gasteiger partial charge in [0, 0.05) is 22.4 Å². The molecule has 0 saturated carbocycles. The smallest absolute Gasteiger partial charge is 0.243 e. The molecule has 1 N–H and O–H groups in total. The third-order valence-corrected chi connectivity index (χ3v) is 5.77. The minimum absolute atomic E-state index is 0.0378. The van der Waals surface area contributed by atoms with Gasteiger partial charge in [0.1, 0.15) is 0 Å². The molecule has 1 heterocycles. The van der Waals surface area contributed by atoms with Crippen LogP contribution in [0.5, 0.6) is 0 Å². The molecular weight excluding hydrogens is 316 g/mol. The van der Waals surface area contributed by atoms with Crippen LogP contribution in [-0.2, 0) is 11.2 Å². The van der Waals surface area contributed by atoms with Gasteiger partial charge in [-0.05, 0) is 42.7 Å². The lowest BCUT2D eigenvalue weighted by molar-refractivity contribution is -0.115. The van der Waals surface area contributed by atoms with Crippen LogP contribution in [0.3, 0.4) is 0 Å². The van der Waals surface area contributed by atoms with Crippen molar-refractivity contribution in [3.05, 3.63) is 54.1 Å². The Kier molecular flexibility index (Phi) is 5.46. The lowest BCUT2D eigenvalue weighted by atomic mass is 10.1. The topological polar surface area (TPSA) is 32.3 Å². The van der Waals surface area contributed by atoms with Crippen LogP contribution < -0.4 is 10.2 Å². The maximum Gasteiger partial charge on any atom is 0.243 e. The number of carbonyl (C=O) groups is 1. The second-order valence-corrected chi connectivity index (χ2v) is 7.44. The molecule has 1 aliphatic rings. The van der Waals surface area contributed by atoms with E-state index < -0.39 is 0 Å². The molecule has 3 nitrogen and oxygen atoms in total. The van der Waals surface area contributed by atoms with E-state index in [-0.39, 0.29) is 5.91 Å². The SMILES string of the molecule is CCc1ccc(NC(=O)CN2C[C@@H](CC)Sc3ccccc32)cc1. The number of rotatable bonds is 5. The summed E-state index contributed by atoms with van der Waals surface area (Å²) < 4.78 is 0. The minimum Gasteiger partial charge on any atom is -0.360 e. The summed E-state index contributed by atoms with van der Waals surface area (Å²) in [7, 11) is 0. The number of hydrogen-bond donors (Lipinski definition) is 1. The van der Waals surface area contributed by atoms with Crippen molar-refractivity contribution in [3.63, 3.8) is 0 Å². The molecule has 0 aliphatic carbocycles. The van der Waals surface area contributed by atoms with Gasteiger partial charge in [0.25, 0.3) is 0 Å². The molecule has 0 unspecified atom stereocenters. The molecule has 2 aromatic rings. The standard InChI is InChI=1S/C20H24N2OS/c1-3-15-9-11-16(12-10-15)21-20(23)14-22-13-17(4-2)24-19-8-6-5-7-18(19)22/h5-12,17H,3-4,13-14H2,1-2H3,(H,21,23)/t17-/m1/s1. The highest BCUT2D eigenvalue weighted by Crippen LogP contribution is 2.39. The maximum absolute atomic E-state index is 12.5. The van der Waals surface area contributed by atoms with Crippen LogP contribution in [-0.4, -0.2) is 24.2 Å². The molecule has 0 spiro atoms. The molecular formula is C20H24N2OS. The number of nitrogens with zero attached hydrogens (tertiary/aromatic N) is 1. The van der Waals surface area contributed by atoms with E-state index in [1.54, 1.807) is 0 Å². The zero-order chi connectivity index (χ0) is 16.9. The summed E-state index contributed by atoms with van der Waals surface area (Å²) >= 11 is 1.92. The number of amides is 1. The molecule has 0 aromatic heterocycles. The van der Waals surface area contributed by atoms with E-state index in [9.17, 15) is 4.79 Å². The highest BCUT2D eigenvalue weighted by atomic mass is 32.2. The number of benzene rings is 2. The lowest BCUT2D eigenvalue weighted by Gasteiger charge is -2.34. The third kappa shape index (κ3) is 3.93. The van der Waals surface area contributed by atoms with Crippen LogP contribution >= 0.6 is 11.8 Å². The Morgan fingerprint density at radius 1 is 1.17 bits per heavy atom. The fourth-order valence-electron chi connectivity index (χ4n) is 2.94. The van der Waals surface area contributed by atoms with E-state index in [4.69, 9.17) is 0 Å². The van der Waals surface area contributed by atoms with Crippen molar-refractivity contribution in [2.45, 2.75) is 36.8 Å². The van der Waals surface area contributed by atoms with Gasteiger partial charge in [-0.1, -0.05) is 38.1 Å². The van der Waals surface area contributed by atoms with Crippen molar-refractivity contribution in [3.8, 4) is 0 Å². The Balaban J connectivity index is 1.69. The summed E-state index contributed by atoms with van der Waals surface area (Å²) in [5.41, 5.74) is 3.31. The normalized spacial score (nSPS) is 16.6. The minimum atomic E-state index is 0.0378. The van der Waals surface area contributed by atoms with E-state index in [2.05, 4.69) is 54.4 Å². The van der Waals surface area contributed by atoms with Crippen molar-refractivity contribution in [2.24, 2.45) is 0 Å². The highest BCUT2D eigenvalue weighted by Gasteiger charge is 2.25. The summed E-state index contributed by atoms with van der Waals surface area (Å²) in [5, 5.41) is 3.56. The Hall–Kier alpha value is -1.94. The van der Waals surface area contributed by atoms with E-state index in [0.29, 0.717) is 11.8 Å². The Labute approximate surface area is 148 Å². The summed E-state index contributed by atoms with van der Waals surface area (Å²) in [5.74, 6) is 0.0378. The molecule has 0 fully saturated rings. The van der Waals surface area contributed by atoms with Crippen molar-refractivity contribution in [1.82, 2.24) is 0 Å². The molecule has 0 saturated heterocycles. The van der Waals surface area contributed by atoms with Crippen molar-refractivity contribution < 1.29 is 4.79 Å². The predicted molar refractivity (Wildman–Crippen MR) is 103 cm³/mol. The molecule has 1 atom stereocenters. The Bertz CT molecular complexity index is 699. The number of thioether (sulfide) groups is 1. The third-order valence-electron chi connectivity index (χ3n) is 4.36. The highest BCUT2D eigenvalue weighted by molar-refractivity contribution is 8.00. The van der Waals surface area contributed by atoms with Gasteiger partial charge in [-0.3, -0.25) is 4.79 Å². The molecule has 1 amide bonds. The monoisotopic (exact) mass is 340 g/mol. The average Bonchev–Trinajstić information content (AvgIpc) is 2.62. The van der Waals surface area contributed by atoms with Crippen LogP contribution in [0.15, 0.2) is 53.4 Å². The maximum atomic E-state index is 12.5. The first kappa shape index (κ1) is 16.9. The number of carbonyl (C=O) groups excluding carboxylic acids is 1. The summed E-state index contributed by atoms with van der Waals surface area (Å²) in [4.78, 5) is 16.0. The van der Waals surface area contributed by atoms with Gasteiger partial charge in [-0.15, -0.1) is 11.8 Å². The Morgan fingerprint density at radius 3 is 2.62 bits per heavy atom. The fourth-order valence-corrected chi connectivity index (χ4v) is 4.19. The van der Waals surface area contributed by atoms with Gasteiger partial charge < -0.3 is 10.2 Å². The van der Waals surface area contributed by atoms with Crippen LogP contribution in [0.2, 0.25) is 0 Å². The van der Waals surface area contributed by atoms with Gasteiger partial charge in [0.05, 0.1) is 12.2 Å². The van der Waals surface area contributed by atoms with Crippen LogP contribution in [0.4, 0.5) is 11.4 Å². The molecule has 1 aliphatic heterocycles. The second kappa shape index (κ2) is 7.75. The van der Waals surface area contributed by atoms with Crippen LogP contribution in [0.1, 0.15) is 25.8 Å². The number of aryl methyl sites for hydroxylation is 1. The van der Waals surface area contributed by atoms with Gasteiger partial charge in [0.15, 0.2) is 0 Å². The number of anilines is 2. The summed E-state index contributed by atoms with van der Waals surface area (Å²) in [6, 6.07) is 16.5. The van der Waals surface area contributed by atoms with Gasteiger partial charge in [-0.25, -0.2) is 0 Å². The van der Waals surface area contributed by atoms with Gasteiger partial charge in [-0.2, -0.15) is 0 Å². The first-order chi connectivity index (χ1) is 11.7. The van der Waals surface area contributed by atoms with E-state index in [0.717, 1.165) is 25.1 Å². The molecule has 0 bridgehead atoms. The van der Waals surface area contributed by atoms with Crippen molar-refractivity contribution >= 4 is 29.0 Å². The zero-order valence-electron chi connectivity index (χ0n) is 14.3. The summed E-state index contributed by atoms with van der Waals surface area (Å²) in [6.45, 7) is 5.65. The molecule has 4 heteroatoms. The van der Waals surface area contributed by atoms with Crippen molar-refractivity contribution in [2.75, 3.05) is 23.3 Å². The predicted octanol–water partition coefficient (Wildman–Crippen LogP) is 4.58. The number of hydrogen-bond acceptors (Lipinski definition) is 3. The number of fused-ring (bicyclic) bond motifs is 1.